The number of hydrogen-bond acceptors (Lipinski definition) is 1. The Balaban J connectivity index is 2.58. The first-order valence-corrected chi connectivity index (χ1v) is 8.06. The average Bonchev–Trinajstić information content (AvgIpc) is 2.39. The Hall–Kier alpha value is -0.240. The number of halogens is 2. The second kappa shape index (κ2) is 8.84. The molecule has 0 saturated carbocycles. The molecule has 0 aliphatic carbocycles. The van der Waals surface area contributed by atoms with Crippen LogP contribution in [0.5, 0.6) is 0 Å². The van der Waals surface area contributed by atoms with Crippen LogP contribution in [0, 0.1) is 13.8 Å². The Labute approximate surface area is 127 Å². The maximum absolute atomic E-state index is 5.83. The largest absolute Gasteiger partial charge is 0.301 e. The third-order valence-electron chi connectivity index (χ3n) is 3.65. The zero-order valence-electron chi connectivity index (χ0n) is 12.3. The summed E-state index contributed by atoms with van der Waals surface area (Å²) < 4.78 is 0. The summed E-state index contributed by atoms with van der Waals surface area (Å²) in [4.78, 5) is 2.35. The van der Waals surface area contributed by atoms with Gasteiger partial charge in [-0.15, -0.1) is 23.2 Å². The van der Waals surface area contributed by atoms with Crippen molar-refractivity contribution in [3.63, 3.8) is 0 Å². The molecule has 1 unspecified atom stereocenters. The van der Waals surface area contributed by atoms with Crippen molar-refractivity contribution in [2.24, 2.45) is 0 Å². The van der Waals surface area contributed by atoms with Crippen molar-refractivity contribution < 1.29 is 0 Å². The van der Waals surface area contributed by atoms with Crippen LogP contribution in [0.4, 0.5) is 0 Å². The van der Waals surface area contributed by atoms with Gasteiger partial charge in [0, 0.05) is 24.8 Å². The van der Waals surface area contributed by atoms with Gasteiger partial charge >= 0.3 is 0 Å². The Morgan fingerprint density at radius 3 is 2.26 bits per heavy atom. The van der Waals surface area contributed by atoms with Crippen molar-refractivity contribution in [2.75, 3.05) is 31.4 Å². The number of nitrogens with zero attached hydrogens (tertiary/aromatic N) is 1. The summed E-state index contributed by atoms with van der Waals surface area (Å²) in [6, 6.07) is 6.71. The molecule has 0 aromatic heterocycles. The first kappa shape index (κ1) is 16.8. The first-order chi connectivity index (χ1) is 9.08. The third-order valence-corrected chi connectivity index (χ3v) is 3.98. The van der Waals surface area contributed by atoms with E-state index >= 15 is 0 Å². The fourth-order valence-corrected chi connectivity index (χ4v) is 2.88. The van der Waals surface area contributed by atoms with E-state index in [4.69, 9.17) is 23.2 Å². The minimum absolute atomic E-state index is 0.577. The Bertz CT molecular complexity index is 373. The van der Waals surface area contributed by atoms with Crippen molar-refractivity contribution in [3.05, 3.63) is 34.9 Å². The van der Waals surface area contributed by atoms with E-state index < -0.39 is 0 Å². The number of hydrogen-bond donors (Lipinski definition) is 0. The highest BCUT2D eigenvalue weighted by molar-refractivity contribution is 6.18. The van der Waals surface area contributed by atoms with Crippen LogP contribution < -0.4 is 0 Å². The van der Waals surface area contributed by atoms with E-state index in [9.17, 15) is 0 Å². The lowest BCUT2D eigenvalue weighted by molar-refractivity contribution is 0.295. The molecule has 0 aliphatic heterocycles. The van der Waals surface area contributed by atoms with Crippen molar-refractivity contribution in [1.82, 2.24) is 4.90 Å². The second-order valence-corrected chi connectivity index (χ2v) is 6.03. The van der Waals surface area contributed by atoms with Gasteiger partial charge in [0.05, 0.1) is 0 Å². The van der Waals surface area contributed by atoms with Crippen LogP contribution >= 0.6 is 23.2 Å². The van der Waals surface area contributed by atoms with Gasteiger partial charge in [0.1, 0.15) is 0 Å². The minimum atomic E-state index is 0.577. The molecule has 0 radical (unpaired) electrons. The van der Waals surface area contributed by atoms with Crippen molar-refractivity contribution in [1.29, 1.82) is 0 Å². The second-order valence-electron chi connectivity index (χ2n) is 5.27. The van der Waals surface area contributed by atoms with Gasteiger partial charge in [0.15, 0.2) is 0 Å². The highest BCUT2D eigenvalue weighted by Gasteiger charge is 2.11. The van der Waals surface area contributed by atoms with Crippen LogP contribution in [0.25, 0.3) is 0 Å². The quantitative estimate of drug-likeness (QED) is 0.635. The zero-order chi connectivity index (χ0) is 14.3. The highest BCUT2D eigenvalue weighted by Crippen LogP contribution is 2.24. The van der Waals surface area contributed by atoms with Crippen molar-refractivity contribution in [2.45, 2.75) is 33.1 Å². The van der Waals surface area contributed by atoms with Crippen LogP contribution in [0.1, 0.15) is 36.0 Å². The summed E-state index contributed by atoms with van der Waals surface area (Å²) >= 11 is 11.7. The fraction of sp³-hybridized carbons (Fsp3) is 0.625. The number of alkyl halides is 2. The third kappa shape index (κ3) is 5.72. The molecular weight excluding hydrogens is 277 g/mol. The summed E-state index contributed by atoms with van der Waals surface area (Å²) in [6.07, 6.45) is 1.15. The van der Waals surface area contributed by atoms with Gasteiger partial charge < -0.3 is 4.90 Å². The SMILES string of the molecule is Cc1ccc(C)c(C(C)CCN(CCCl)CCCl)c1. The molecule has 1 atom stereocenters. The Morgan fingerprint density at radius 2 is 1.68 bits per heavy atom. The molecule has 0 amide bonds. The molecule has 0 fully saturated rings. The van der Waals surface area contributed by atoms with Crippen LogP contribution in [0.2, 0.25) is 0 Å². The first-order valence-electron chi connectivity index (χ1n) is 7.00. The molecule has 0 spiro atoms. The molecule has 19 heavy (non-hydrogen) atoms. The average molecular weight is 302 g/mol. The Kier molecular flexibility index (Phi) is 7.82. The monoisotopic (exact) mass is 301 g/mol. The molecule has 0 bridgehead atoms. The Morgan fingerprint density at radius 1 is 1.05 bits per heavy atom. The summed E-state index contributed by atoms with van der Waals surface area (Å²) in [5.74, 6) is 1.93. The summed E-state index contributed by atoms with van der Waals surface area (Å²) in [6.45, 7) is 9.57. The van der Waals surface area contributed by atoms with Crippen LogP contribution in [0.3, 0.4) is 0 Å². The van der Waals surface area contributed by atoms with Gasteiger partial charge in [-0.2, -0.15) is 0 Å². The van der Waals surface area contributed by atoms with E-state index in [-0.39, 0.29) is 0 Å². The highest BCUT2D eigenvalue weighted by atomic mass is 35.5. The summed E-state index contributed by atoms with van der Waals surface area (Å²) in [7, 11) is 0. The van der Waals surface area contributed by atoms with Gasteiger partial charge in [-0.25, -0.2) is 0 Å². The summed E-state index contributed by atoms with van der Waals surface area (Å²) in [5.41, 5.74) is 4.20. The predicted octanol–water partition coefficient (Wildman–Crippen LogP) is 4.58. The molecule has 1 aromatic carbocycles. The van der Waals surface area contributed by atoms with E-state index in [1.54, 1.807) is 0 Å². The molecule has 1 rings (SSSR count). The van der Waals surface area contributed by atoms with E-state index in [0.717, 1.165) is 26.1 Å². The topological polar surface area (TPSA) is 3.24 Å². The van der Waals surface area contributed by atoms with Gasteiger partial charge in [-0.1, -0.05) is 30.7 Å². The van der Waals surface area contributed by atoms with Gasteiger partial charge in [-0.3, -0.25) is 0 Å². The van der Waals surface area contributed by atoms with Gasteiger partial charge in [0.2, 0.25) is 0 Å². The molecule has 0 saturated heterocycles. The lowest BCUT2D eigenvalue weighted by Crippen LogP contribution is -2.29. The van der Waals surface area contributed by atoms with E-state index in [1.807, 2.05) is 0 Å². The normalized spacial score (nSPS) is 12.9. The maximum Gasteiger partial charge on any atom is 0.0351 e. The molecule has 3 heteroatoms. The molecule has 0 heterocycles. The number of aryl methyl sites for hydroxylation is 2. The lowest BCUT2D eigenvalue weighted by atomic mass is 9.92. The smallest absolute Gasteiger partial charge is 0.0351 e. The van der Waals surface area contributed by atoms with Gasteiger partial charge in [0.25, 0.3) is 0 Å². The summed E-state index contributed by atoms with van der Waals surface area (Å²) in [5, 5.41) is 0. The van der Waals surface area contributed by atoms with Crippen LogP contribution in [0.15, 0.2) is 18.2 Å². The molecule has 0 N–H and O–H groups in total. The fourth-order valence-electron chi connectivity index (χ4n) is 2.40. The van der Waals surface area contributed by atoms with E-state index in [1.165, 1.54) is 16.7 Å². The standard InChI is InChI=1S/C16H25Cl2N/c1-13-4-5-14(2)16(12-13)15(3)6-9-19(10-7-17)11-8-18/h4-5,12,15H,6-11H2,1-3H3. The lowest BCUT2D eigenvalue weighted by Gasteiger charge is -2.23. The zero-order valence-corrected chi connectivity index (χ0v) is 13.8. The molecule has 1 nitrogen and oxygen atoms in total. The molecule has 108 valence electrons. The van der Waals surface area contributed by atoms with Crippen LogP contribution in [-0.2, 0) is 0 Å². The van der Waals surface area contributed by atoms with Gasteiger partial charge in [-0.05, 0) is 43.9 Å². The van der Waals surface area contributed by atoms with E-state index in [0.29, 0.717) is 17.7 Å². The predicted molar refractivity (Wildman–Crippen MR) is 86.8 cm³/mol. The van der Waals surface area contributed by atoms with Crippen molar-refractivity contribution in [3.8, 4) is 0 Å². The maximum atomic E-state index is 5.83. The number of rotatable bonds is 8. The van der Waals surface area contributed by atoms with E-state index in [2.05, 4.69) is 43.9 Å². The van der Waals surface area contributed by atoms with Crippen LogP contribution in [-0.4, -0.2) is 36.3 Å². The molecule has 0 aliphatic rings. The molecule has 1 aromatic rings. The van der Waals surface area contributed by atoms with Crippen molar-refractivity contribution >= 4 is 23.2 Å². The molecular formula is C16H25Cl2N. The number of benzene rings is 1. The minimum Gasteiger partial charge on any atom is -0.301 e.